The van der Waals surface area contributed by atoms with E-state index in [1.54, 1.807) is 29.2 Å². The van der Waals surface area contributed by atoms with E-state index in [1.165, 1.54) is 6.07 Å². The van der Waals surface area contributed by atoms with Crippen molar-refractivity contribution in [3.05, 3.63) is 47.0 Å². The summed E-state index contributed by atoms with van der Waals surface area (Å²) >= 11 is 0. The SMILES string of the molecule is C=CCN(CCO)c1ccccc1[N+](=O)[O-]. The van der Waals surface area contributed by atoms with Gasteiger partial charge in [-0.25, -0.2) is 0 Å². The summed E-state index contributed by atoms with van der Waals surface area (Å²) in [5.41, 5.74) is 0.541. The molecule has 0 aliphatic heterocycles. The predicted molar refractivity (Wildman–Crippen MR) is 62.6 cm³/mol. The van der Waals surface area contributed by atoms with Gasteiger partial charge in [0.25, 0.3) is 5.69 Å². The van der Waals surface area contributed by atoms with Gasteiger partial charge >= 0.3 is 0 Å². The molecule has 0 spiro atoms. The summed E-state index contributed by atoms with van der Waals surface area (Å²) in [5, 5.41) is 19.7. The lowest BCUT2D eigenvalue weighted by molar-refractivity contribution is -0.384. The number of nitrogens with zero attached hydrogens (tertiary/aromatic N) is 2. The number of aliphatic hydroxyl groups is 1. The molecular formula is C11H14N2O3. The summed E-state index contributed by atoms with van der Waals surface area (Å²) in [7, 11) is 0. The zero-order chi connectivity index (χ0) is 12.0. The molecule has 0 aliphatic carbocycles. The zero-order valence-electron chi connectivity index (χ0n) is 8.87. The van der Waals surface area contributed by atoms with Gasteiger partial charge in [0.1, 0.15) is 5.69 Å². The van der Waals surface area contributed by atoms with Gasteiger partial charge in [-0.05, 0) is 6.07 Å². The lowest BCUT2D eigenvalue weighted by Crippen LogP contribution is -2.27. The minimum Gasteiger partial charge on any atom is -0.395 e. The molecule has 0 saturated carbocycles. The summed E-state index contributed by atoms with van der Waals surface area (Å²) in [5.74, 6) is 0. The Bertz CT molecular complexity index is 379. The summed E-state index contributed by atoms with van der Waals surface area (Å²) in [6.45, 7) is 4.34. The van der Waals surface area contributed by atoms with Crippen LogP contribution in [0.2, 0.25) is 0 Å². The fourth-order valence-electron chi connectivity index (χ4n) is 1.47. The third-order valence-electron chi connectivity index (χ3n) is 2.14. The van der Waals surface area contributed by atoms with E-state index in [9.17, 15) is 10.1 Å². The van der Waals surface area contributed by atoms with E-state index in [1.807, 2.05) is 0 Å². The monoisotopic (exact) mass is 222 g/mol. The fourth-order valence-corrected chi connectivity index (χ4v) is 1.47. The Labute approximate surface area is 93.8 Å². The number of rotatable bonds is 6. The zero-order valence-corrected chi connectivity index (χ0v) is 8.87. The van der Waals surface area contributed by atoms with Crippen LogP contribution in [0.5, 0.6) is 0 Å². The molecule has 0 amide bonds. The van der Waals surface area contributed by atoms with E-state index in [2.05, 4.69) is 6.58 Å². The van der Waals surface area contributed by atoms with Crippen LogP contribution in [0.4, 0.5) is 11.4 Å². The standard InChI is InChI=1S/C11H14N2O3/c1-2-7-12(8-9-14)10-5-3-4-6-11(10)13(15)16/h2-6,14H,1,7-9H2. The van der Waals surface area contributed by atoms with Crippen LogP contribution in [0.1, 0.15) is 0 Å². The molecule has 5 heteroatoms. The van der Waals surface area contributed by atoms with Crippen molar-refractivity contribution in [2.75, 3.05) is 24.6 Å². The van der Waals surface area contributed by atoms with Crippen molar-refractivity contribution in [2.45, 2.75) is 0 Å². The van der Waals surface area contributed by atoms with E-state index in [4.69, 9.17) is 5.11 Å². The second kappa shape index (κ2) is 5.87. The Morgan fingerprint density at radius 1 is 1.50 bits per heavy atom. The number of aliphatic hydroxyl groups excluding tert-OH is 1. The van der Waals surface area contributed by atoms with Crippen LogP contribution in [0.25, 0.3) is 0 Å². The molecule has 0 aliphatic rings. The quantitative estimate of drug-likeness (QED) is 0.451. The molecule has 5 nitrogen and oxygen atoms in total. The number of hydrogen-bond acceptors (Lipinski definition) is 4. The van der Waals surface area contributed by atoms with Crippen molar-refractivity contribution in [1.29, 1.82) is 0 Å². The van der Waals surface area contributed by atoms with Crippen molar-refractivity contribution in [2.24, 2.45) is 0 Å². The predicted octanol–water partition coefficient (Wildman–Crippen LogP) is 1.58. The number of nitro groups is 1. The summed E-state index contributed by atoms with van der Waals surface area (Å²) in [4.78, 5) is 12.1. The highest BCUT2D eigenvalue weighted by atomic mass is 16.6. The first-order chi connectivity index (χ1) is 7.70. The molecule has 1 N–H and O–H groups in total. The van der Waals surface area contributed by atoms with Crippen LogP contribution < -0.4 is 4.90 Å². The molecule has 0 heterocycles. The topological polar surface area (TPSA) is 66.6 Å². The molecule has 0 fully saturated rings. The maximum Gasteiger partial charge on any atom is 0.292 e. The molecule has 86 valence electrons. The second-order valence-electron chi connectivity index (χ2n) is 3.20. The first-order valence-electron chi connectivity index (χ1n) is 4.90. The Kier molecular flexibility index (Phi) is 4.47. The molecule has 0 aromatic heterocycles. The van der Waals surface area contributed by atoms with E-state index in [-0.39, 0.29) is 12.3 Å². The van der Waals surface area contributed by atoms with E-state index < -0.39 is 4.92 Å². The van der Waals surface area contributed by atoms with Gasteiger partial charge in [0.05, 0.1) is 11.5 Å². The van der Waals surface area contributed by atoms with Gasteiger partial charge < -0.3 is 10.0 Å². The van der Waals surface area contributed by atoms with Crippen LogP contribution in [-0.2, 0) is 0 Å². The normalized spacial score (nSPS) is 9.81. The van der Waals surface area contributed by atoms with Crippen LogP contribution >= 0.6 is 0 Å². The van der Waals surface area contributed by atoms with Crippen LogP contribution in [0, 0.1) is 10.1 Å². The van der Waals surface area contributed by atoms with Crippen molar-refractivity contribution in [3.63, 3.8) is 0 Å². The number of hydrogen-bond donors (Lipinski definition) is 1. The smallest absolute Gasteiger partial charge is 0.292 e. The van der Waals surface area contributed by atoms with Crippen molar-refractivity contribution in [3.8, 4) is 0 Å². The minimum atomic E-state index is -0.428. The van der Waals surface area contributed by atoms with Crippen molar-refractivity contribution >= 4 is 11.4 Å². The van der Waals surface area contributed by atoms with E-state index in [0.717, 1.165) is 0 Å². The van der Waals surface area contributed by atoms with Gasteiger partial charge in [0.15, 0.2) is 0 Å². The first kappa shape index (κ1) is 12.2. The third-order valence-corrected chi connectivity index (χ3v) is 2.14. The molecule has 0 atom stereocenters. The van der Waals surface area contributed by atoms with Gasteiger partial charge in [-0.2, -0.15) is 0 Å². The number of para-hydroxylation sites is 2. The number of anilines is 1. The highest BCUT2D eigenvalue weighted by Gasteiger charge is 2.17. The molecule has 0 unspecified atom stereocenters. The van der Waals surface area contributed by atoms with Gasteiger partial charge in [0.2, 0.25) is 0 Å². The Hall–Kier alpha value is -1.88. The fraction of sp³-hybridized carbons (Fsp3) is 0.273. The van der Waals surface area contributed by atoms with Crippen molar-refractivity contribution in [1.82, 2.24) is 0 Å². The van der Waals surface area contributed by atoms with Crippen LogP contribution in [-0.4, -0.2) is 29.7 Å². The number of nitro benzene ring substituents is 1. The van der Waals surface area contributed by atoms with E-state index >= 15 is 0 Å². The summed E-state index contributed by atoms with van der Waals surface area (Å²) < 4.78 is 0. The lowest BCUT2D eigenvalue weighted by Gasteiger charge is -2.21. The second-order valence-corrected chi connectivity index (χ2v) is 3.20. The molecule has 1 aromatic rings. The van der Waals surface area contributed by atoms with Crippen LogP contribution in [0.3, 0.4) is 0 Å². The minimum absolute atomic E-state index is 0.0396. The third kappa shape index (κ3) is 2.80. The van der Waals surface area contributed by atoms with Gasteiger partial charge in [0, 0.05) is 19.2 Å². The molecule has 1 rings (SSSR count). The average molecular weight is 222 g/mol. The molecule has 16 heavy (non-hydrogen) atoms. The first-order valence-corrected chi connectivity index (χ1v) is 4.90. The summed E-state index contributed by atoms with van der Waals surface area (Å²) in [6.07, 6.45) is 1.65. The van der Waals surface area contributed by atoms with Gasteiger partial charge in [-0.3, -0.25) is 10.1 Å². The molecular weight excluding hydrogens is 208 g/mol. The lowest BCUT2D eigenvalue weighted by atomic mass is 10.2. The molecule has 0 radical (unpaired) electrons. The van der Waals surface area contributed by atoms with Gasteiger partial charge in [-0.1, -0.05) is 18.2 Å². The molecule has 0 bridgehead atoms. The molecule has 1 aromatic carbocycles. The highest BCUT2D eigenvalue weighted by Crippen LogP contribution is 2.27. The number of benzene rings is 1. The van der Waals surface area contributed by atoms with Gasteiger partial charge in [-0.15, -0.1) is 6.58 Å². The largest absolute Gasteiger partial charge is 0.395 e. The Morgan fingerprint density at radius 3 is 2.75 bits per heavy atom. The summed E-state index contributed by atoms with van der Waals surface area (Å²) in [6, 6.07) is 6.46. The maximum atomic E-state index is 10.8. The van der Waals surface area contributed by atoms with Crippen LogP contribution in [0.15, 0.2) is 36.9 Å². The maximum absolute atomic E-state index is 10.8. The Morgan fingerprint density at radius 2 is 2.19 bits per heavy atom. The molecule has 0 saturated heterocycles. The van der Waals surface area contributed by atoms with Crippen molar-refractivity contribution < 1.29 is 10.0 Å². The highest BCUT2D eigenvalue weighted by molar-refractivity contribution is 5.63. The van der Waals surface area contributed by atoms with E-state index in [0.29, 0.717) is 18.8 Å². The average Bonchev–Trinajstić information content (AvgIpc) is 2.29. The Balaban J connectivity index is 3.06.